The second-order valence-corrected chi connectivity index (χ2v) is 10.3. The Morgan fingerprint density at radius 1 is 0.395 bits per heavy atom. The summed E-state index contributed by atoms with van der Waals surface area (Å²) in [5.74, 6) is 0. The Bertz CT molecular complexity index is 1650. The maximum Gasteiger partial charge on any atom is 0.0462 e. The molecule has 6 rings (SSSR count). The molecule has 0 bridgehead atoms. The Balaban J connectivity index is 1.35. The van der Waals surface area contributed by atoms with Gasteiger partial charge in [0.05, 0.1) is 0 Å². The normalized spacial score (nSPS) is 11.4. The number of anilines is 3. The van der Waals surface area contributed by atoms with E-state index in [4.69, 9.17) is 0 Å². The highest BCUT2D eigenvalue weighted by atomic mass is 15.1. The van der Waals surface area contributed by atoms with Gasteiger partial charge in [-0.15, -0.1) is 0 Å². The predicted octanol–water partition coefficient (Wildman–Crippen LogP) is 10.3. The Kier molecular flexibility index (Phi) is 6.27. The van der Waals surface area contributed by atoms with Crippen LogP contribution in [0.5, 0.6) is 0 Å². The zero-order valence-corrected chi connectivity index (χ0v) is 21.9. The molecule has 0 spiro atoms. The van der Waals surface area contributed by atoms with Crippen LogP contribution in [0.3, 0.4) is 0 Å². The lowest BCUT2D eigenvalue weighted by Gasteiger charge is -2.29. The third kappa shape index (κ3) is 4.60. The fourth-order valence-corrected chi connectivity index (χ4v) is 5.24. The average molecular weight is 490 g/mol. The maximum absolute atomic E-state index is 2.32. The molecule has 0 aliphatic carbocycles. The quantitative estimate of drug-likeness (QED) is 0.225. The lowest BCUT2D eigenvalue weighted by molar-refractivity contribution is 0.641. The van der Waals surface area contributed by atoms with Crippen LogP contribution in [0.1, 0.15) is 25.0 Å². The number of para-hydroxylation sites is 1. The molecule has 6 aromatic rings. The SMILES string of the molecule is CC(C)(c1ccccc1)c1ccc(N(c2ccccc2)c2ccc(-c3ccc4ccccc4c3)cc2)cc1. The van der Waals surface area contributed by atoms with E-state index in [1.807, 2.05) is 0 Å². The number of hydrogen-bond acceptors (Lipinski definition) is 1. The van der Waals surface area contributed by atoms with Crippen LogP contribution < -0.4 is 4.90 Å². The van der Waals surface area contributed by atoms with Gasteiger partial charge in [0.1, 0.15) is 0 Å². The Hall–Kier alpha value is -4.62. The van der Waals surface area contributed by atoms with Crippen molar-refractivity contribution in [2.75, 3.05) is 4.90 Å². The second kappa shape index (κ2) is 10.0. The van der Waals surface area contributed by atoms with Crippen LogP contribution in [0.4, 0.5) is 17.1 Å². The Morgan fingerprint density at radius 3 is 1.53 bits per heavy atom. The third-order valence-corrected chi connectivity index (χ3v) is 7.57. The van der Waals surface area contributed by atoms with E-state index >= 15 is 0 Å². The minimum atomic E-state index is -0.0706. The summed E-state index contributed by atoms with van der Waals surface area (Å²) in [6, 6.07) is 54.4. The van der Waals surface area contributed by atoms with Crippen molar-refractivity contribution in [1.82, 2.24) is 0 Å². The molecular weight excluding hydrogens is 458 g/mol. The molecule has 0 unspecified atom stereocenters. The molecule has 0 aliphatic rings. The predicted molar refractivity (Wildman–Crippen MR) is 163 cm³/mol. The van der Waals surface area contributed by atoms with E-state index in [9.17, 15) is 0 Å². The molecule has 38 heavy (non-hydrogen) atoms. The Labute approximate surface area is 225 Å². The molecule has 0 radical (unpaired) electrons. The average Bonchev–Trinajstić information content (AvgIpc) is 2.99. The maximum atomic E-state index is 2.32. The van der Waals surface area contributed by atoms with Crippen molar-refractivity contribution >= 4 is 27.8 Å². The van der Waals surface area contributed by atoms with Crippen LogP contribution in [0, 0.1) is 0 Å². The summed E-state index contributed by atoms with van der Waals surface area (Å²) < 4.78 is 0. The van der Waals surface area contributed by atoms with Gasteiger partial charge in [-0.1, -0.05) is 123 Å². The van der Waals surface area contributed by atoms with E-state index in [-0.39, 0.29) is 5.41 Å². The monoisotopic (exact) mass is 489 g/mol. The highest BCUT2D eigenvalue weighted by Crippen LogP contribution is 2.38. The summed E-state index contributed by atoms with van der Waals surface area (Å²) >= 11 is 0. The summed E-state index contributed by atoms with van der Waals surface area (Å²) in [7, 11) is 0. The molecule has 6 aromatic carbocycles. The van der Waals surface area contributed by atoms with Crippen molar-refractivity contribution in [1.29, 1.82) is 0 Å². The van der Waals surface area contributed by atoms with Gasteiger partial charge in [0.2, 0.25) is 0 Å². The molecule has 0 saturated carbocycles. The highest BCUT2D eigenvalue weighted by molar-refractivity contribution is 5.87. The Morgan fingerprint density at radius 2 is 0.868 bits per heavy atom. The van der Waals surface area contributed by atoms with Crippen molar-refractivity contribution in [2.24, 2.45) is 0 Å². The number of hydrogen-bond donors (Lipinski definition) is 0. The van der Waals surface area contributed by atoms with Gasteiger partial charge in [-0.05, 0) is 75.5 Å². The number of fused-ring (bicyclic) bond motifs is 1. The van der Waals surface area contributed by atoms with Crippen LogP contribution >= 0.6 is 0 Å². The lowest BCUT2D eigenvalue weighted by atomic mass is 9.78. The van der Waals surface area contributed by atoms with Gasteiger partial charge in [-0.25, -0.2) is 0 Å². The van der Waals surface area contributed by atoms with Crippen molar-refractivity contribution in [3.8, 4) is 11.1 Å². The van der Waals surface area contributed by atoms with Crippen molar-refractivity contribution < 1.29 is 0 Å². The molecule has 0 aliphatic heterocycles. The molecule has 1 heteroatoms. The zero-order chi connectivity index (χ0) is 26.0. The van der Waals surface area contributed by atoms with Crippen LogP contribution in [-0.2, 0) is 5.41 Å². The number of benzene rings is 6. The second-order valence-electron chi connectivity index (χ2n) is 10.3. The molecule has 0 aromatic heterocycles. The van der Waals surface area contributed by atoms with Gasteiger partial charge in [0, 0.05) is 22.5 Å². The van der Waals surface area contributed by atoms with E-state index in [1.165, 1.54) is 33.0 Å². The van der Waals surface area contributed by atoms with Crippen LogP contribution in [-0.4, -0.2) is 0 Å². The first kappa shape index (κ1) is 23.8. The van der Waals surface area contributed by atoms with E-state index in [2.05, 4.69) is 170 Å². The first-order valence-electron chi connectivity index (χ1n) is 13.2. The molecule has 0 heterocycles. The van der Waals surface area contributed by atoms with Gasteiger partial charge < -0.3 is 4.90 Å². The molecule has 0 N–H and O–H groups in total. The highest BCUT2D eigenvalue weighted by Gasteiger charge is 2.23. The van der Waals surface area contributed by atoms with E-state index in [0.29, 0.717) is 0 Å². The topological polar surface area (TPSA) is 3.24 Å². The van der Waals surface area contributed by atoms with Crippen molar-refractivity contribution in [3.63, 3.8) is 0 Å². The van der Waals surface area contributed by atoms with Crippen molar-refractivity contribution in [3.05, 3.63) is 163 Å². The molecule has 0 fully saturated rings. The lowest BCUT2D eigenvalue weighted by Crippen LogP contribution is -2.19. The molecule has 0 amide bonds. The van der Waals surface area contributed by atoms with Crippen LogP contribution in [0.25, 0.3) is 21.9 Å². The van der Waals surface area contributed by atoms with Gasteiger partial charge in [-0.3, -0.25) is 0 Å². The summed E-state index contributed by atoms with van der Waals surface area (Å²) in [4.78, 5) is 2.32. The van der Waals surface area contributed by atoms with Gasteiger partial charge >= 0.3 is 0 Å². The van der Waals surface area contributed by atoms with E-state index in [0.717, 1.165) is 17.1 Å². The number of nitrogens with zero attached hydrogens (tertiary/aromatic N) is 1. The van der Waals surface area contributed by atoms with Crippen LogP contribution in [0.15, 0.2) is 152 Å². The van der Waals surface area contributed by atoms with Crippen molar-refractivity contribution in [2.45, 2.75) is 19.3 Å². The van der Waals surface area contributed by atoms with Gasteiger partial charge in [0.15, 0.2) is 0 Å². The first-order valence-corrected chi connectivity index (χ1v) is 13.2. The minimum Gasteiger partial charge on any atom is -0.311 e. The largest absolute Gasteiger partial charge is 0.311 e. The molecule has 0 atom stereocenters. The molecular formula is C37H31N. The fraction of sp³-hybridized carbons (Fsp3) is 0.0811. The van der Waals surface area contributed by atoms with E-state index < -0.39 is 0 Å². The fourth-order valence-electron chi connectivity index (χ4n) is 5.24. The van der Waals surface area contributed by atoms with Gasteiger partial charge in [-0.2, -0.15) is 0 Å². The first-order chi connectivity index (χ1) is 18.6. The third-order valence-electron chi connectivity index (χ3n) is 7.57. The minimum absolute atomic E-state index is 0.0706. The molecule has 184 valence electrons. The smallest absolute Gasteiger partial charge is 0.0462 e. The molecule has 1 nitrogen and oxygen atoms in total. The standard InChI is InChI=1S/C37H31N/c1-37(2,32-13-5-3-6-14-32)33-21-25-36(26-22-33)38(34-15-7-4-8-16-34)35-23-19-29(20-24-35)31-18-17-28-11-9-10-12-30(28)27-31/h3-27H,1-2H3. The summed E-state index contributed by atoms with van der Waals surface area (Å²) in [6.07, 6.45) is 0. The molecule has 0 saturated heterocycles. The number of rotatable bonds is 6. The zero-order valence-electron chi connectivity index (χ0n) is 21.9. The van der Waals surface area contributed by atoms with E-state index in [1.54, 1.807) is 0 Å². The summed E-state index contributed by atoms with van der Waals surface area (Å²) in [5.41, 5.74) is 8.41. The van der Waals surface area contributed by atoms with Gasteiger partial charge in [0.25, 0.3) is 0 Å². The van der Waals surface area contributed by atoms with Crippen LogP contribution in [0.2, 0.25) is 0 Å². The summed E-state index contributed by atoms with van der Waals surface area (Å²) in [5, 5.41) is 2.53. The summed E-state index contributed by atoms with van der Waals surface area (Å²) in [6.45, 7) is 4.58.